The molecule has 33 heavy (non-hydrogen) atoms. The number of aryl methyl sites for hydroxylation is 3. The molecule has 1 amide bonds. The van der Waals surface area contributed by atoms with Gasteiger partial charge in [-0.05, 0) is 87.6 Å². The number of hydrogen-bond acceptors (Lipinski definition) is 4. The molecule has 1 atom stereocenters. The standard InChI is InChI=1S/C25H31N3O3S2/c1-5-20-9-7-8-14-28(20)33(30,31)21-12-10-19(11-13-21)24(29)26-25-27(6-2)22-15-17(3)18(4)16-23(22)32-25/h10-13,15-16,20H,5-9,14H2,1-4H3. The lowest BCUT2D eigenvalue weighted by Crippen LogP contribution is -2.43. The molecular formula is C25H31N3O3S2. The molecule has 0 spiro atoms. The van der Waals surface area contributed by atoms with E-state index in [1.807, 2.05) is 18.4 Å². The van der Waals surface area contributed by atoms with Crippen molar-refractivity contribution in [2.75, 3.05) is 6.54 Å². The van der Waals surface area contributed by atoms with Crippen LogP contribution < -0.4 is 4.80 Å². The second-order valence-electron chi connectivity index (χ2n) is 8.65. The highest BCUT2D eigenvalue weighted by molar-refractivity contribution is 7.89. The fourth-order valence-electron chi connectivity index (χ4n) is 4.47. The van der Waals surface area contributed by atoms with E-state index in [-0.39, 0.29) is 16.8 Å². The van der Waals surface area contributed by atoms with Crippen LogP contribution in [0.15, 0.2) is 46.3 Å². The SMILES string of the molecule is CCC1CCCCN1S(=O)(=O)c1ccc(C(=O)N=c2sc3cc(C)c(C)cc3n2CC)cc1. The number of piperidine rings is 1. The van der Waals surface area contributed by atoms with Crippen LogP contribution in [0.4, 0.5) is 0 Å². The third kappa shape index (κ3) is 4.56. The van der Waals surface area contributed by atoms with Gasteiger partial charge in [0.2, 0.25) is 10.0 Å². The van der Waals surface area contributed by atoms with Gasteiger partial charge in [-0.3, -0.25) is 4.79 Å². The summed E-state index contributed by atoms with van der Waals surface area (Å²) >= 11 is 1.50. The number of carbonyl (C=O) groups excluding carboxylic acids is 1. The Hall–Kier alpha value is -2.29. The number of nitrogens with zero attached hydrogens (tertiary/aromatic N) is 3. The van der Waals surface area contributed by atoms with Gasteiger partial charge in [-0.2, -0.15) is 9.30 Å². The molecule has 1 unspecified atom stereocenters. The van der Waals surface area contributed by atoms with Crippen LogP contribution in [0.25, 0.3) is 10.2 Å². The van der Waals surface area contributed by atoms with E-state index in [0.717, 1.165) is 35.9 Å². The molecule has 1 aromatic heterocycles. The Bertz CT molecular complexity index is 1350. The molecule has 1 aliphatic rings. The number of sulfonamides is 1. The lowest BCUT2D eigenvalue weighted by atomic mass is 10.0. The van der Waals surface area contributed by atoms with Crippen molar-refractivity contribution in [1.82, 2.24) is 8.87 Å². The van der Waals surface area contributed by atoms with Gasteiger partial charge in [0.25, 0.3) is 5.91 Å². The molecule has 0 bridgehead atoms. The van der Waals surface area contributed by atoms with Crippen molar-refractivity contribution < 1.29 is 13.2 Å². The van der Waals surface area contributed by atoms with Gasteiger partial charge in [0.05, 0.1) is 15.1 Å². The predicted octanol–water partition coefficient (Wildman–Crippen LogP) is 5.03. The number of fused-ring (bicyclic) bond motifs is 1. The highest BCUT2D eigenvalue weighted by Gasteiger charge is 2.32. The summed E-state index contributed by atoms with van der Waals surface area (Å²) in [7, 11) is -3.57. The van der Waals surface area contributed by atoms with Crippen molar-refractivity contribution in [2.45, 2.75) is 70.9 Å². The summed E-state index contributed by atoms with van der Waals surface area (Å²) in [5, 5.41) is 0. The van der Waals surface area contributed by atoms with E-state index in [1.165, 1.54) is 34.6 Å². The maximum atomic E-state index is 13.2. The smallest absolute Gasteiger partial charge is 0.279 e. The summed E-state index contributed by atoms with van der Waals surface area (Å²) in [4.78, 5) is 18.2. The molecule has 8 heteroatoms. The lowest BCUT2D eigenvalue weighted by Gasteiger charge is -2.34. The molecule has 0 aliphatic carbocycles. The Morgan fingerprint density at radius 2 is 1.79 bits per heavy atom. The van der Waals surface area contributed by atoms with Gasteiger partial charge >= 0.3 is 0 Å². The molecule has 0 saturated carbocycles. The van der Waals surface area contributed by atoms with E-state index in [0.29, 0.717) is 23.5 Å². The molecule has 176 valence electrons. The van der Waals surface area contributed by atoms with Crippen LogP contribution in [-0.2, 0) is 16.6 Å². The van der Waals surface area contributed by atoms with Crippen molar-refractivity contribution >= 4 is 37.5 Å². The van der Waals surface area contributed by atoms with Crippen molar-refractivity contribution in [2.24, 2.45) is 4.99 Å². The van der Waals surface area contributed by atoms with Crippen LogP contribution in [0.1, 0.15) is 61.0 Å². The number of amides is 1. The number of carbonyl (C=O) groups is 1. The average Bonchev–Trinajstić information content (AvgIpc) is 3.14. The average molecular weight is 486 g/mol. The third-order valence-electron chi connectivity index (χ3n) is 6.56. The minimum atomic E-state index is -3.57. The van der Waals surface area contributed by atoms with Crippen LogP contribution >= 0.6 is 11.3 Å². The van der Waals surface area contributed by atoms with Gasteiger partial charge in [-0.1, -0.05) is 24.7 Å². The summed E-state index contributed by atoms with van der Waals surface area (Å²) in [5.74, 6) is -0.370. The van der Waals surface area contributed by atoms with Crippen molar-refractivity contribution in [3.63, 3.8) is 0 Å². The van der Waals surface area contributed by atoms with Gasteiger partial charge < -0.3 is 4.57 Å². The minimum absolute atomic E-state index is 0.0461. The number of benzene rings is 2. The zero-order valence-electron chi connectivity index (χ0n) is 19.7. The van der Waals surface area contributed by atoms with Crippen LogP contribution in [0.2, 0.25) is 0 Å². The number of hydrogen-bond donors (Lipinski definition) is 0. The van der Waals surface area contributed by atoms with E-state index in [2.05, 4.69) is 31.0 Å². The first-order valence-electron chi connectivity index (χ1n) is 11.6. The van der Waals surface area contributed by atoms with E-state index >= 15 is 0 Å². The lowest BCUT2D eigenvalue weighted by molar-refractivity contribution is 0.0997. The Labute approximate surface area is 199 Å². The van der Waals surface area contributed by atoms with Crippen molar-refractivity contribution in [3.05, 3.63) is 57.9 Å². The normalized spacial score (nSPS) is 18.2. The van der Waals surface area contributed by atoms with Gasteiger partial charge in [-0.25, -0.2) is 8.42 Å². The molecule has 1 fully saturated rings. The molecule has 3 aromatic rings. The van der Waals surface area contributed by atoms with Gasteiger partial charge in [-0.15, -0.1) is 0 Å². The molecule has 6 nitrogen and oxygen atoms in total. The zero-order chi connectivity index (χ0) is 23.8. The molecule has 4 rings (SSSR count). The first-order valence-corrected chi connectivity index (χ1v) is 13.8. The molecule has 0 N–H and O–H groups in total. The van der Waals surface area contributed by atoms with Gasteiger partial charge in [0, 0.05) is 24.7 Å². The predicted molar refractivity (Wildman–Crippen MR) is 133 cm³/mol. The Balaban J connectivity index is 1.65. The van der Waals surface area contributed by atoms with E-state index in [4.69, 9.17) is 0 Å². The van der Waals surface area contributed by atoms with Crippen LogP contribution in [-0.4, -0.2) is 35.8 Å². The van der Waals surface area contributed by atoms with Crippen molar-refractivity contribution in [1.29, 1.82) is 0 Å². The number of aromatic nitrogens is 1. The molecular weight excluding hydrogens is 454 g/mol. The molecule has 0 radical (unpaired) electrons. The molecule has 2 heterocycles. The fraction of sp³-hybridized carbons (Fsp3) is 0.440. The monoisotopic (exact) mass is 485 g/mol. The Morgan fingerprint density at radius 1 is 1.09 bits per heavy atom. The quantitative estimate of drug-likeness (QED) is 0.509. The second kappa shape index (κ2) is 9.52. The topological polar surface area (TPSA) is 71.7 Å². The number of thiazole rings is 1. The van der Waals surface area contributed by atoms with Crippen LogP contribution in [0.3, 0.4) is 0 Å². The summed E-state index contributed by atoms with van der Waals surface area (Å²) < 4.78 is 31.1. The maximum Gasteiger partial charge on any atom is 0.279 e. The summed E-state index contributed by atoms with van der Waals surface area (Å²) in [6, 6.07) is 10.5. The zero-order valence-corrected chi connectivity index (χ0v) is 21.3. The first kappa shape index (κ1) is 23.9. The third-order valence-corrected chi connectivity index (χ3v) is 9.57. The Morgan fingerprint density at radius 3 is 2.45 bits per heavy atom. The summed E-state index contributed by atoms with van der Waals surface area (Å²) in [6.45, 7) is 9.49. The highest BCUT2D eigenvalue weighted by atomic mass is 32.2. The minimum Gasteiger partial charge on any atom is -0.317 e. The van der Waals surface area contributed by atoms with Crippen molar-refractivity contribution in [3.8, 4) is 0 Å². The maximum absolute atomic E-state index is 13.2. The van der Waals surface area contributed by atoms with Crippen LogP contribution in [0.5, 0.6) is 0 Å². The fourth-order valence-corrected chi connectivity index (χ4v) is 7.41. The highest BCUT2D eigenvalue weighted by Crippen LogP contribution is 2.27. The molecule has 1 saturated heterocycles. The molecule has 1 aliphatic heterocycles. The van der Waals surface area contributed by atoms with Crippen LogP contribution in [0, 0.1) is 13.8 Å². The van der Waals surface area contributed by atoms with E-state index in [9.17, 15) is 13.2 Å². The van der Waals surface area contributed by atoms with E-state index < -0.39 is 10.0 Å². The summed E-state index contributed by atoms with van der Waals surface area (Å²) in [6.07, 6.45) is 3.65. The second-order valence-corrected chi connectivity index (χ2v) is 11.5. The summed E-state index contributed by atoms with van der Waals surface area (Å²) in [5.41, 5.74) is 3.87. The number of rotatable bonds is 5. The first-order chi connectivity index (χ1) is 15.8. The molecule has 2 aromatic carbocycles. The van der Waals surface area contributed by atoms with Gasteiger partial charge in [0.15, 0.2) is 4.80 Å². The van der Waals surface area contributed by atoms with E-state index in [1.54, 1.807) is 16.4 Å². The Kier molecular flexibility index (Phi) is 6.88. The van der Waals surface area contributed by atoms with Gasteiger partial charge in [0.1, 0.15) is 0 Å². The largest absolute Gasteiger partial charge is 0.317 e.